The van der Waals surface area contributed by atoms with Crippen LogP contribution in [0, 0.1) is 18.8 Å². The minimum absolute atomic E-state index is 0.216. The summed E-state index contributed by atoms with van der Waals surface area (Å²) in [4.78, 5) is 7.51. The Kier molecular flexibility index (Phi) is 4.44. The van der Waals surface area contributed by atoms with Crippen molar-refractivity contribution >= 4 is 11.4 Å². The topological polar surface area (TPSA) is 45.1 Å². The lowest BCUT2D eigenvalue weighted by molar-refractivity contribution is 0.0184. The maximum atomic E-state index is 11.6. The van der Waals surface area contributed by atoms with E-state index in [4.69, 9.17) is 9.73 Å². The molecule has 0 bridgehead atoms. The standard InChI is InChI=1S/C22H30N2O2/c1-5-16-12-24-10-9-22(25)20-14(2)7-6-8-18(20)23-21(22)19(24)11-17(16)15(3)13-26-4/h6-8,13,16-17,19,25H,5,9-12H2,1-4H3/b15-13+/t16-,17-,19+,22+/m1/s1. The monoisotopic (exact) mass is 354 g/mol. The zero-order valence-electron chi connectivity index (χ0n) is 16.3. The molecule has 4 nitrogen and oxygen atoms in total. The number of aryl methyl sites for hydroxylation is 1. The first-order chi connectivity index (χ1) is 12.5. The van der Waals surface area contributed by atoms with Crippen molar-refractivity contribution in [2.75, 3.05) is 20.2 Å². The first-order valence-electron chi connectivity index (χ1n) is 9.84. The molecule has 0 aromatic heterocycles. The lowest BCUT2D eigenvalue weighted by Crippen LogP contribution is -2.60. The van der Waals surface area contributed by atoms with E-state index in [9.17, 15) is 5.11 Å². The predicted molar refractivity (Wildman–Crippen MR) is 105 cm³/mol. The number of aliphatic imine (C=N–C) groups is 1. The van der Waals surface area contributed by atoms with Gasteiger partial charge < -0.3 is 9.84 Å². The molecule has 0 spiro atoms. The highest BCUT2D eigenvalue weighted by molar-refractivity contribution is 6.04. The molecule has 26 heavy (non-hydrogen) atoms. The van der Waals surface area contributed by atoms with Crippen LogP contribution in [0.25, 0.3) is 0 Å². The largest absolute Gasteiger partial charge is 0.504 e. The van der Waals surface area contributed by atoms with Crippen LogP contribution in [0.2, 0.25) is 0 Å². The molecule has 3 heterocycles. The molecule has 0 radical (unpaired) electrons. The Labute approximate surface area is 156 Å². The molecule has 2 fully saturated rings. The molecule has 0 saturated carbocycles. The zero-order valence-corrected chi connectivity index (χ0v) is 16.3. The molecule has 2 saturated heterocycles. The number of rotatable bonds is 3. The van der Waals surface area contributed by atoms with Crippen molar-refractivity contribution in [1.29, 1.82) is 0 Å². The van der Waals surface area contributed by atoms with Gasteiger partial charge in [-0.3, -0.25) is 9.89 Å². The maximum absolute atomic E-state index is 11.6. The van der Waals surface area contributed by atoms with E-state index in [1.165, 1.54) is 12.0 Å². The number of allylic oxidation sites excluding steroid dienone is 1. The van der Waals surface area contributed by atoms with Crippen molar-refractivity contribution in [2.24, 2.45) is 16.8 Å². The fourth-order valence-electron chi connectivity index (χ4n) is 5.46. The first-order valence-corrected chi connectivity index (χ1v) is 9.84. The zero-order chi connectivity index (χ0) is 18.5. The minimum atomic E-state index is -0.885. The van der Waals surface area contributed by atoms with Crippen LogP contribution < -0.4 is 0 Å². The van der Waals surface area contributed by atoms with Crippen molar-refractivity contribution in [1.82, 2.24) is 4.90 Å². The van der Waals surface area contributed by atoms with Crippen molar-refractivity contribution < 1.29 is 9.84 Å². The lowest BCUT2D eigenvalue weighted by atomic mass is 9.70. The molecule has 3 aliphatic rings. The number of benzene rings is 1. The molecule has 4 rings (SSSR count). The molecule has 1 aromatic carbocycles. The van der Waals surface area contributed by atoms with Crippen LogP contribution in [0.3, 0.4) is 0 Å². The van der Waals surface area contributed by atoms with E-state index in [0.717, 1.165) is 48.5 Å². The highest BCUT2D eigenvalue weighted by atomic mass is 16.5. The highest BCUT2D eigenvalue weighted by Gasteiger charge is 2.52. The van der Waals surface area contributed by atoms with Crippen molar-refractivity contribution in [3.8, 4) is 0 Å². The molecular formula is C22H30N2O2. The van der Waals surface area contributed by atoms with E-state index in [2.05, 4.69) is 31.7 Å². The summed E-state index contributed by atoms with van der Waals surface area (Å²) in [5.41, 5.74) is 4.53. The van der Waals surface area contributed by atoms with Gasteiger partial charge in [0, 0.05) is 18.7 Å². The Hall–Kier alpha value is -1.65. The summed E-state index contributed by atoms with van der Waals surface area (Å²) < 4.78 is 5.30. The van der Waals surface area contributed by atoms with Gasteiger partial charge in [0.25, 0.3) is 0 Å². The fourth-order valence-corrected chi connectivity index (χ4v) is 5.46. The highest BCUT2D eigenvalue weighted by Crippen LogP contribution is 2.49. The average Bonchev–Trinajstić information content (AvgIpc) is 2.95. The van der Waals surface area contributed by atoms with Gasteiger partial charge >= 0.3 is 0 Å². The lowest BCUT2D eigenvalue weighted by Gasteiger charge is -2.50. The molecule has 1 N–H and O–H groups in total. The SMILES string of the molecule is CC[C@@H]1CN2CC[C@@]3(O)C(=Nc4cccc(C)c43)[C@@H]2C[C@@H]1/C(C)=C/OC. The third-order valence-electron chi connectivity index (χ3n) is 6.77. The number of nitrogens with zero attached hydrogens (tertiary/aromatic N) is 2. The third kappa shape index (κ3) is 2.54. The molecule has 140 valence electrons. The molecular weight excluding hydrogens is 324 g/mol. The molecule has 0 unspecified atom stereocenters. The van der Waals surface area contributed by atoms with Crippen LogP contribution in [-0.4, -0.2) is 42.0 Å². The summed E-state index contributed by atoms with van der Waals surface area (Å²) in [5.74, 6) is 1.12. The smallest absolute Gasteiger partial charge is 0.133 e. The van der Waals surface area contributed by atoms with Crippen LogP contribution in [0.15, 0.2) is 35.0 Å². The molecule has 3 aliphatic heterocycles. The Morgan fingerprint density at radius 3 is 3.00 bits per heavy atom. The Balaban J connectivity index is 1.71. The van der Waals surface area contributed by atoms with Crippen LogP contribution in [-0.2, 0) is 10.3 Å². The number of hydrogen-bond donors (Lipinski definition) is 1. The van der Waals surface area contributed by atoms with Gasteiger partial charge in [0.05, 0.1) is 30.8 Å². The number of hydrogen-bond acceptors (Lipinski definition) is 4. The number of aliphatic hydroxyl groups is 1. The third-order valence-corrected chi connectivity index (χ3v) is 6.77. The van der Waals surface area contributed by atoms with E-state index in [1.807, 2.05) is 18.4 Å². The second kappa shape index (κ2) is 6.50. The second-order valence-corrected chi connectivity index (χ2v) is 8.20. The Morgan fingerprint density at radius 2 is 2.27 bits per heavy atom. The summed E-state index contributed by atoms with van der Waals surface area (Å²) in [5, 5.41) is 11.6. The summed E-state index contributed by atoms with van der Waals surface area (Å²) in [7, 11) is 1.72. The van der Waals surface area contributed by atoms with Crippen molar-refractivity contribution in [3.05, 3.63) is 41.2 Å². The van der Waals surface area contributed by atoms with Crippen LogP contribution >= 0.6 is 0 Å². The maximum Gasteiger partial charge on any atom is 0.133 e. The van der Waals surface area contributed by atoms with Crippen LogP contribution in [0.1, 0.15) is 44.2 Å². The minimum Gasteiger partial charge on any atom is -0.504 e. The Bertz CT molecular complexity index is 769. The van der Waals surface area contributed by atoms with E-state index < -0.39 is 5.60 Å². The predicted octanol–water partition coefficient (Wildman–Crippen LogP) is 3.94. The molecule has 1 aromatic rings. The van der Waals surface area contributed by atoms with Gasteiger partial charge in [-0.2, -0.15) is 0 Å². The van der Waals surface area contributed by atoms with Crippen molar-refractivity contribution in [3.63, 3.8) is 0 Å². The molecule has 4 atom stereocenters. The first kappa shape index (κ1) is 17.7. The number of methoxy groups -OCH3 is 1. The summed E-state index contributed by atoms with van der Waals surface area (Å²) in [6.45, 7) is 8.56. The summed E-state index contributed by atoms with van der Waals surface area (Å²) >= 11 is 0. The van der Waals surface area contributed by atoms with Gasteiger partial charge in [-0.15, -0.1) is 0 Å². The van der Waals surface area contributed by atoms with E-state index in [0.29, 0.717) is 11.8 Å². The average molecular weight is 354 g/mol. The molecule has 4 heteroatoms. The van der Waals surface area contributed by atoms with Gasteiger partial charge in [0.15, 0.2) is 0 Å². The molecule has 0 amide bonds. The number of ether oxygens (including phenoxy) is 1. The van der Waals surface area contributed by atoms with Crippen molar-refractivity contribution in [2.45, 2.75) is 51.7 Å². The number of fused-ring (bicyclic) bond motifs is 5. The molecule has 0 aliphatic carbocycles. The summed E-state index contributed by atoms with van der Waals surface area (Å²) in [6.07, 6.45) is 4.82. The van der Waals surface area contributed by atoms with Gasteiger partial charge in [0.2, 0.25) is 0 Å². The van der Waals surface area contributed by atoms with Gasteiger partial charge in [-0.1, -0.05) is 25.5 Å². The van der Waals surface area contributed by atoms with E-state index >= 15 is 0 Å². The van der Waals surface area contributed by atoms with Gasteiger partial charge in [-0.25, -0.2) is 0 Å². The van der Waals surface area contributed by atoms with Gasteiger partial charge in [0.1, 0.15) is 5.60 Å². The van der Waals surface area contributed by atoms with Crippen LogP contribution in [0.5, 0.6) is 0 Å². The van der Waals surface area contributed by atoms with E-state index in [-0.39, 0.29) is 6.04 Å². The second-order valence-electron chi connectivity index (χ2n) is 8.20. The van der Waals surface area contributed by atoms with E-state index in [1.54, 1.807) is 7.11 Å². The number of piperidine rings is 2. The fraction of sp³-hybridized carbons (Fsp3) is 0.591. The Morgan fingerprint density at radius 1 is 1.46 bits per heavy atom. The normalized spacial score (nSPS) is 34.0. The quantitative estimate of drug-likeness (QED) is 0.836. The summed E-state index contributed by atoms with van der Waals surface area (Å²) in [6, 6.07) is 6.39. The van der Waals surface area contributed by atoms with Crippen LogP contribution in [0.4, 0.5) is 5.69 Å². The van der Waals surface area contributed by atoms with Gasteiger partial charge in [-0.05, 0) is 55.7 Å².